The van der Waals surface area contributed by atoms with Gasteiger partial charge in [-0.05, 0) is 42.9 Å². The topological polar surface area (TPSA) is 132 Å². The maximum absolute atomic E-state index is 13.4. The van der Waals surface area contributed by atoms with E-state index in [2.05, 4.69) is 0 Å². The SMILES string of the molecule is COC(=O)c1c(C(=O)N2CCC3(CCN(C(=O)c4cc5cccc(OC)c5o4)CC3)C2)cccc1[N+](=O)[O-]. The van der Waals surface area contributed by atoms with E-state index in [9.17, 15) is 24.5 Å². The molecule has 5 rings (SSSR count). The molecule has 3 aromatic rings. The van der Waals surface area contributed by atoms with E-state index in [4.69, 9.17) is 13.9 Å². The Balaban J connectivity index is 1.28. The van der Waals surface area contributed by atoms with Crippen LogP contribution < -0.4 is 4.74 Å². The average Bonchev–Trinajstić information content (AvgIpc) is 3.56. The van der Waals surface area contributed by atoms with Gasteiger partial charge in [-0.1, -0.05) is 18.2 Å². The van der Waals surface area contributed by atoms with Crippen molar-refractivity contribution < 1.29 is 33.2 Å². The Bertz CT molecular complexity index is 1440. The molecule has 1 spiro atoms. The minimum Gasteiger partial charge on any atom is -0.493 e. The first-order valence-electron chi connectivity index (χ1n) is 12.3. The van der Waals surface area contributed by atoms with Gasteiger partial charge in [0.2, 0.25) is 0 Å². The zero-order valence-electron chi connectivity index (χ0n) is 21.1. The Hall–Kier alpha value is -4.41. The molecular formula is C27H27N3O8. The summed E-state index contributed by atoms with van der Waals surface area (Å²) in [6.45, 7) is 1.93. The first-order chi connectivity index (χ1) is 18.3. The zero-order chi connectivity index (χ0) is 27.0. The van der Waals surface area contributed by atoms with Crippen molar-refractivity contribution >= 4 is 34.4 Å². The number of carbonyl (C=O) groups excluding carboxylic acids is 3. The molecule has 2 aliphatic rings. The molecule has 1 aromatic heterocycles. The van der Waals surface area contributed by atoms with E-state index in [0.29, 0.717) is 50.4 Å². The van der Waals surface area contributed by atoms with E-state index in [0.717, 1.165) is 18.9 Å². The molecular weight excluding hydrogens is 494 g/mol. The summed E-state index contributed by atoms with van der Waals surface area (Å²) in [5.41, 5.74) is -0.490. The predicted molar refractivity (Wildman–Crippen MR) is 135 cm³/mol. The normalized spacial score (nSPS) is 16.6. The molecule has 2 aliphatic heterocycles. The summed E-state index contributed by atoms with van der Waals surface area (Å²) in [7, 11) is 2.67. The van der Waals surface area contributed by atoms with Gasteiger partial charge >= 0.3 is 5.97 Å². The molecule has 198 valence electrons. The Morgan fingerprint density at radius 1 is 0.974 bits per heavy atom. The highest BCUT2D eigenvalue weighted by Crippen LogP contribution is 2.42. The van der Waals surface area contributed by atoms with Crippen molar-refractivity contribution in [3.8, 4) is 5.75 Å². The number of hydrogen-bond donors (Lipinski definition) is 0. The first-order valence-corrected chi connectivity index (χ1v) is 12.3. The monoisotopic (exact) mass is 521 g/mol. The van der Waals surface area contributed by atoms with Crippen molar-refractivity contribution in [1.29, 1.82) is 0 Å². The molecule has 0 aliphatic carbocycles. The third kappa shape index (κ3) is 4.33. The van der Waals surface area contributed by atoms with Crippen LogP contribution in [0.15, 0.2) is 46.9 Å². The van der Waals surface area contributed by atoms with Crippen LogP contribution in [-0.4, -0.2) is 72.9 Å². The second-order valence-electron chi connectivity index (χ2n) is 9.71. The molecule has 2 amide bonds. The fraction of sp³-hybridized carbons (Fsp3) is 0.370. The highest BCUT2D eigenvalue weighted by Gasteiger charge is 2.44. The molecule has 2 aromatic carbocycles. The van der Waals surface area contributed by atoms with Gasteiger partial charge in [0, 0.05) is 37.6 Å². The zero-order valence-corrected chi connectivity index (χ0v) is 21.1. The predicted octanol–water partition coefficient (Wildman–Crippen LogP) is 3.90. The second-order valence-corrected chi connectivity index (χ2v) is 9.71. The van der Waals surface area contributed by atoms with Gasteiger partial charge in [0.1, 0.15) is 5.56 Å². The Kier molecular flexibility index (Phi) is 6.52. The number of nitrogens with zero attached hydrogens (tertiary/aromatic N) is 3. The Morgan fingerprint density at radius 3 is 2.32 bits per heavy atom. The van der Waals surface area contributed by atoms with Gasteiger partial charge < -0.3 is 23.7 Å². The molecule has 38 heavy (non-hydrogen) atoms. The molecule has 0 unspecified atom stereocenters. The third-order valence-electron chi connectivity index (χ3n) is 7.63. The molecule has 0 saturated carbocycles. The molecule has 0 N–H and O–H groups in total. The molecule has 2 fully saturated rings. The summed E-state index contributed by atoms with van der Waals surface area (Å²) in [5, 5.41) is 12.3. The lowest BCUT2D eigenvalue weighted by Crippen LogP contribution is -2.44. The third-order valence-corrected chi connectivity index (χ3v) is 7.63. The number of amides is 2. The number of esters is 1. The number of likely N-dealkylation sites (tertiary alicyclic amines) is 2. The number of piperidine rings is 1. The fourth-order valence-electron chi connectivity index (χ4n) is 5.52. The summed E-state index contributed by atoms with van der Waals surface area (Å²) in [6.07, 6.45) is 2.14. The standard InChI is InChI=1S/C27H27N3O8/c1-36-20-8-3-5-17-15-21(38-23(17)20)25(32)28-12-9-27(10-13-28)11-14-29(16-27)24(31)18-6-4-7-19(30(34)35)22(18)26(33)37-2/h3-8,15H,9-14,16H2,1-2H3. The van der Waals surface area contributed by atoms with Crippen molar-refractivity contribution in [2.75, 3.05) is 40.4 Å². The number of benzene rings is 2. The van der Waals surface area contributed by atoms with Crippen LogP contribution in [0.25, 0.3) is 11.0 Å². The lowest BCUT2D eigenvalue weighted by atomic mass is 9.77. The van der Waals surface area contributed by atoms with Crippen LogP contribution >= 0.6 is 0 Å². The maximum atomic E-state index is 13.4. The number of methoxy groups -OCH3 is 2. The Morgan fingerprint density at radius 2 is 1.66 bits per heavy atom. The van der Waals surface area contributed by atoms with Crippen LogP contribution in [0, 0.1) is 15.5 Å². The lowest BCUT2D eigenvalue weighted by Gasteiger charge is -2.39. The number of nitro groups is 1. The van der Waals surface area contributed by atoms with Crippen LogP contribution in [0.3, 0.4) is 0 Å². The smallest absolute Gasteiger partial charge is 0.345 e. The largest absolute Gasteiger partial charge is 0.493 e. The van der Waals surface area contributed by atoms with E-state index in [1.807, 2.05) is 12.1 Å². The fourth-order valence-corrected chi connectivity index (χ4v) is 5.52. The molecule has 3 heterocycles. The number of carbonyl (C=O) groups is 3. The summed E-state index contributed by atoms with van der Waals surface area (Å²) in [4.78, 5) is 53.1. The molecule has 2 saturated heterocycles. The highest BCUT2D eigenvalue weighted by atomic mass is 16.6. The summed E-state index contributed by atoms with van der Waals surface area (Å²) in [6, 6.07) is 11.2. The van der Waals surface area contributed by atoms with Gasteiger partial charge in [0.25, 0.3) is 17.5 Å². The average molecular weight is 522 g/mol. The minimum atomic E-state index is -0.926. The number of rotatable bonds is 5. The molecule has 0 atom stereocenters. The van der Waals surface area contributed by atoms with Crippen LogP contribution in [0.1, 0.15) is 50.5 Å². The minimum absolute atomic E-state index is 0.0453. The van der Waals surface area contributed by atoms with Gasteiger partial charge in [-0.3, -0.25) is 19.7 Å². The van der Waals surface area contributed by atoms with E-state index in [1.54, 1.807) is 29.0 Å². The van der Waals surface area contributed by atoms with E-state index < -0.39 is 22.5 Å². The van der Waals surface area contributed by atoms with Gasteiger partial charge in [-0.15, -0.1) is 0 Å². The number of ether oxygens (including phenoxy) is 2. The van der Waals surface area contributed by atoms with Crippen LogP contribution in [0.5, 0.6) is 5.75 Å². The maximum Gasteiger partial charge on any atom is 0.345 e. The number of hydrogen-bond acceptors (Lipinski definition) is 8. The lowest BCUT2D eigenvalue weighted by molar-refractivity contribution is -0.385. The van der Waals surface area contributed by atoms with E-state index in [1.165, 1.54) is 18.2 Å². The molecule has 11 heteroatoms. The molecule has 0 bridgehead atoms. The highest BCUT2D eigenvalue weighted by molar-refractivity contribution is 6.08. The number of furan rings is 1. The summed E-state index contributed by atoms with van der Waals surface area (Å²) in [5.74, 6) is -0.743. The van der Waals surface area contributed by atoms with Crippen molar-refractivity contribution in [2.45, 2.75) is 19.3 Å². The van der Waals surface area contributed by atoms with E-state index in [-0.39, 0.29) is 28.2 Å². The summed E-state index contributed by atoms with van der Waals surface area (Å²) < 4.78 is 15.9. The van der Waals surface area contributed by atoms with Crippen molar-refractivity contribution in [1.82, 2.24) is 9.80 Å². The number of para-hydroxylation sites is 1. The summed E-state index contributed by atoms with van der Waals surface area (Å²) >= 11 is 0. The Labute approximate surface area is 218 Å². The number of nitro benzene ring substituents is 1. The van der Waals surface area contributed by atoms with Crippen molar-refractivity contribution in [3.63, 3.8) is 0 Å². The van der Waals surface area contributed by atoms with E-state index >= 15 is 0 Å². The van der Waals surface area contributed by atoms with Crippen LogP contribution in [0.4, 0.5) is 5.69 Å². The second kappa shape index (κ2) is 9.81. The quantitative estimate of drug-likeness (QED) is 0.280. The first kappa shape index (κ1) is 25.2. The van der Waals surface area contributed by atoms with Crippen LogP contribution in [-0.2, 0) is 4.74 Å². The van der Waals surface area contributed by atoms with Gasteiger partial charge in [-0.2, -0.15) is 0 Å². The molecule has 11 nitrogen and oxygen atoms in total. The van der Waals surface area contributed by atoms with Crippen molar-refractivity contribution in [2.24, 2.45) is 5.41 Å². The van der Waals surface area contributed by atoms with Gasteiger partial charge in [-0.25, -0.2) is 4.79 Å². The van der Waals surface area contributed by atoms with Gasteiger partial charge in [0.05, 0.1) is 24.7 Å². The molecule has 0 radical (unpaired) electrons. The van der Waals surface area contributed by atoms with Crippen LogP contribution in [0.2, 0.25) is 0 Å². The number of fused-ring (bicyclic) bond motifs is 1. The van der Waals surface area contributed by atoms with Crippen molar-refractivity contribution in [3.05, 3.63) is 69.5 Å². The van der Waals surface area contributed by atoms with Gasteiger partial charge in [0.15, 0.2) is 17.1 Å².